The van der Waals surface area contributed by atoms with Crippen molar-refractivity contribution in [3.63, 3.8) is 0 Å². The molecule has 0 amide bonds. The van der Waals surface area contributed by atoms with Crippen molar-refractivity contribution in [3.05, 3.63) is 24.0 Å². The summed E-state index contributed by atoms with van der Waals surface area (Å²) in [4.78, 5) is 0. The third kappa shape index (κ3) is 2.90. The van der Waals surface area contributed by atoms with Crippen LogP contribution in [0.25, 0.3) is 0 Å². The summed E-state index contributed by atoms with van der Waals surface area (Å²) in [5.74, 6) is -0.342. The van der Waals surface area contributed by atoms with E-state index in [1.54, 1.807) is 6.07 Å². The van der Waals surface area contributed by atoms with Crippen molar-refractivity contribution in [2.45, 2.75) is 45.6 Å². The maximum atomic E-state index is 13.3. The van der Waals surface area contributed by atoms with Crippen LogP contribution in [0.3, 0.4) is 0 Å². The van der Waals surface area contributed by atoms with Crippen LogP contribution in [0.2, 0.25) is 0 Å². The molecular formula is C14H21FN2. The highest BCUT2D eigenvalue weighted by Gasteiger charge is 2.26. The fourth-order valence-corrected chi connectivity index (χ4v) is 2.43. The van der Waals surface area contributed by atoms with E-state index in [4.69, 9.17) is 5.73 Å². The molecular weight excluding hydrogens is 215 g/mol. The van der Waals surface area contributed by atoms with Crippen LogP contribution < -0.4 is 11.1 Å². The molecule has 3 N–H and O–H groups in total. The first kappa shape index (κ1) is 12.2. The molecule has 1 aliphatic rings. The van der Waals surface area contributed by atoms with Gasteiger partial charge in [-0.05, 0) is 43.2 Å². The van der Waals surface area contributed by atoms with Crippen LogP contribution in [0.15, 0.2) is 18.2 Å². The van der Waals surface area contributed by atoms with Crippen molar-refractivity contribution in [2.75, 3.05) is 11.1 Å². The van der Waals surface area contributed by atoms with Gasteiger partial charge in [0.05, 0.1) is 11.4 Å². The monoisotopic (exact) mass is 236 g/mol. The lowest BCUT2D eigenvalue weighted by Gasteiger charge is -2.35. The lowest BCUT2D eigenvalue weighted by Crippen LogP contribution is -2.30. The minimum Gasteiger partial charge on any atom is -0.395 e. The number of rotatable bonds is 2. The molecule has 0 spiro atoms. The van der Waals surface area contributed by atoms with Gasteiger partial charge in [0.15, 0.2) is 0 Å². The molecule has 1 aromatic carbocycles. The molecule has 0 heterocycles. The van der Waals surface area contributed by atoms with Gasteiger partial charge in [0, 0.05) is 6.04 Å². The van der Waals surface area contributed by atoms with Crippen molar-refractivity contribution in [1.82, 2.24) is 0 Å². The summed E-state index contributed by atoms with van der Waals surface area (Å²) < 4.78 is 13.3. The van der Waals surface area contributed by atoms with Gasteiger partial charge in [-0.25, -0.2) is 4.39 Å². The Bertz CT molecular complexity index is 391. The molecule has 1 aromatic rings. The average Bonchev–Trinajstić information content (AvgIpc) is 2.27. The molecule has 2 rings (SSSR count). The van der Waals surface area contributed by atoms with Gasteiger partial charge >= 0.3 is 0 Å². The standard InChI is InChI=1S/C14H21FN2/c1-14(2)8-6-10(7-9-14)17-12-5-3-4-11(15)13(12)16/h3-5,10,17H,6-9,16H2,1-2H3. The Morgan fingerprint density at radius 3 is 2.59 bits per heavy atom. The third-order valence-corrected chi connectivity index (χ3v) is 3.75. The normalized spacial score (nSPS) is 20.2. The van der Waals surface area contributed by atoms with Crippen LogP contribution >= 0.6 is 0 Å². The molecule has 0 radical (unpaired) electrons. The number of halogens is 1. The Hall–Kier alpha value is -1.25. The van der Waals surface area contributed by atoms with Gasteiger partial charge in [0.25, 0.3) is 0 Å². The number of nitrogen functional groups attached to an aromatic ring is 1. The molecule has 1 aliphatic carbocycles. The summed E-state index contributed by atoms with van der Waals surface area (Å²) in [5.41, 5.74) is 7.13. The lowest BCUT2D eigenvalue weighted by atomic mass is 9.75. The Labute approximate surface area is 102 Å². The largest absolute Gasteiger partial charge is 0.395 e. The van der Waals surface area contributed by atoms with E-state index in [0.29, 0.717) is 11.5 Å². The summed E-state index contributed by atoms with van der Waals surface area (Å²) in [6.45, 7) is 4.61. The number of anilines is 2. The average molecular weight is 236 g/mol. The number of hydrogen-bond acceptors (Lipinski definition) is 2. The number of para-hydroxylation sites is 1. The zero-order valence-corrected chi connectivity index (χ0v) is 10.6. The number of hydrogen-bond donors (Lipinski definition) is 2. The lowest BCUT2D eigenvalue weighted by molar-refractivity contribution is 0.232. The number of nitrogens with two attached hydrogens (primary N) is 1. The Kier molecular flexibility index (Phi) is 3.27. The molecule has 0 atom stereocenters. The topological polar surface area (TPSA) is 38.0 Å². The molecule has 1 fully saturated rings. The molecule has 1 saturated carbocycles. The summed E-state index contributed by atoms with van der Waals surface area (Å²) in [7, 11) is 0. The molecule has 0 saturated heterocycles. The van der Waals surface area contributed by atoms with E-state index in [1.807, 2.05) is 6.07 Å². The highest BCUT2D eigenvalue weighted by atomic mass is 19.1. The first-order chi connectivity index (χ1) is 7.98. The predicted molar refractivity (Wildman–Crippen MR) is 70.5 cm³/mol. The van der Waals surface area contributed by atoms with Gasteiger partial charge < -0.3 is 11.1 Å². The minimum atomic E-state index is -0.342. The first-order valence-corrected chi connectivity index (χ1v) is 6.28. The van der Waals surface area contributed by atoms with E-state index in [2.05, 4.69) is 19.2 Å². The maximum Gasteiger partial charge on any atom is 0.148 e. The van der Waals surface area contributed by atoms with Crippen molar-refractivity contribution in [1.29, 1.82) is 0 Å². The van der Waals surface area contributed by atoms with Gasteiger partial charge in [-0.2, -0.15) is 0 Å². The molecule has 94 valence electrons. The predicted octanol–water partition coefficient (Wildman–Crippen LogP) is 3.79. The smallest absolute Gasteiger partial charge is 0.148 e. The molecule has 0 aromatic heterocycles. The van der Waals surface area contributed by atoms with Crippen molar-refractivity contribution in [2.24, 2.45) is 5.41 Å². The van der Waals surface area contributed by atoms with Crippen molar-refractivity contribution in [3.8, 4) is 0 Å². The number of nitrogens with one attached hydrogen (secondary N) is 1. The summed E-state index contributed by atoms with van der Waals surface area (Å²) in [6, 6.07) is 5.36. The fourth-order valence-electron chi connectivity index (χ4n) is 2.43. The Balaban J connectivity index is 2.00. The van der Waals surface area contributed by atoms with Crippen molar-refractivity contribution >= 4 is 11.4 Å². The van der Waals surface area contributed by atoms with E-state index < -0.39 is 0 Å². The second-order valence-corrected chi connectivity index (χ2v) is 5.78. The van der Waals surface area contributed by atoms with Crippen LogP contribution in [0.5, 0.6) is 0 Å². The summed E-state index contributed by atoms with van der Waals surface area (Å²) >= 11 is 0. The van der Waals surface area contributed by atoms with E-state index >= 15 is 0 Å². The Morgan fingerprint density at radius 1 is 1.29 bits per heavy atom. The van der Waals surface area contributed by atoms with E-state index in [9.17, 15) is 4.39 Å². The zero-order chi connectivity index (χ0) is 12.5. The summed E-state index contributed by atoms with van der Waals surface area (Å²) in [5, 5.41) is 3.36. The Morgan fingerprint density at radius 2 is 1.94 bits per heavy atom. The van der Waals surface area contributed by atoms with Gasteiger partial charge in [-0.15, -0.1) is 0 Å². The number of benzene rings is 1. The van der Waals surface area contributed by atoms with E-state index in [1.165, 1.54) is 18.9 Å². The van der Waals surface area contributed by atoms with Crippen molar-refractivity contribution < 1.29 is 4.39 Å². The molecule has 0 bridgehead atoms. The molecule has 0 aliphatic heterocycles. The van der Waals surface area contributed by atoms with Crippen LogP contribution in [-0.4, -0.2) is 6.04 Å². The van der Waals surface area contributed by atoms with Gasteiger partial charge in [-0.3, -0.25) is 0 Å². The van der Waals surface area contributed by atoms with Crippen LogP contribution in [-0.2, 0) is 0 Å². The van der Waals surface area contributed by atoms with E-state index in [-0.39, 0.29) is 11.5 Å². The van der Waals surface area contributed by atoms with Crippen LogP contribution in [0.4, 0.5) is 15.8 Å². The first-order valence-electron chi connectivity index (χ1n) is 6.28. The van der Waals surface area contributed by atoms with E-state index in [0.717, 1.165) is 18.5 Å². The fraction of sp³-hybridized carbons (Fsp3) is 0.571. The maximum absolute atomic E-state index is 13.3. The SMILES string of the molecule is CC1(C)CCC(Nc2cccc(F)c2N)CC1. The van der Waals surface area contributed by atoms with Gasteiger partial charge in [0.2, 0.25) is 0 Å². The van der Waals surface area contributed by atoms with Gasteiger partial charge in [-0.1, -0.05) is 19.9 Å². The quantitative estimate of drug-likeness (QED) is 0.767. The minimum absolute atomic E-state index is 0.234. The zero-order valence-electron chi connectivity index (χ0n) is 10.6. The molecule has 2 nitrogen and oxygen atoms in total. The summed E-state index contributed by atoms with van der Waals surface area (Å²) in [6.07, 6.45) is 4.67. The highest BCUT2D eigenvalue weighted by Crippen LogP contribution is 2.36. The van der Waals surface area contributed by atoms with Crippen LogP contribution in [0, 0.1) is 11.2 Å². The van der Waals surface area contributed by atoms with Gasteiger partial charge in [0.1, 0.15) is 5.82 Å². The third-order valence-electron chi connectivity index (χ3n) is 3.75. The highest BCUT2D eigenvalue weighted by molar-refractivity contribution is 5.66. The molecule has 3 heteroatoms. The molecule has 0 unspecified atom stereocenters. The second kappa shape index (κ2) is 4.55. The second-order valence-electron chi connectivity index (χ2n) is 5.78. The molecule has 17 heavy (non-hydrogen) atoms. The van der Waals surface area contributed by atoms with Crippen LogP contribution in [0.1, 0.15) is 39.5 Å².